The van der Waals surface area contributed by atoms with Gasteiger partial charge in [-0.3, -0.25) is 0 Å². The lowest BCUT2D eigenvalue weighted by Gasteiger charge is -2.29. The van der Waals surface area contributed by atoms with Crippen molar-refractivity contribution in [3.63, 3.8) is 0 Å². The molecule has 0 aliphatic rings. The first-order valence-corrected chi connectivity index (χ1v) is 5.48. The Morgan fingerprint density at radius 3 is 2.43 bits per heavy atom. The van der Waals surface area contributed by atoms with Crippen molar-refractivity contribution in [3.05, 3.63) is 0 Å². The van der Waals surface area contributed by atoms with Crippen molar-refractivity contribution in [2.75, 3.05) is 12.9 Å². The van der Waals surface area contributed by atoms with Gasteiger partial charge in [0.05, 0.1) is 7.11 Å². The first-order valence-electron chi connectivity index (χ1n) is 4.49. The van der Waals surface area contributed by atoms with Crippen LogP contribution in [0.15, 0.2) is 0 Å². The fourth-order valence-corrected chi connectivity index (χ4v) is 2.11. The molecule has 1 N–H and O–H groups in total. The molecule has 0 aliphatic carbocycles. The van der Waals surface area contributed by atoms with Gasteiger partial charge in [0.25, 0.3) is 5.00 Å². The molecule has 0 aromatic heterocycles. The number of carbonyl (C=O) groups is 1. The van der Waals surface area contributed by atoms with Crippen molar-refractivity contribution in [2.45, 2.75) is 31.9 Å². The van der Waals surface area contributed by atoms with E-state index in [0.29, 0.717) is 5.75 Å². The molecule has 0 heterocycles. The Morgan fingerprint density at radius 1 is 1.64 bits per heavy atom. The van der Waals surface area contributed by atoms with E-state index in [4.69, 9.17) is 0 Å². The van der Waals surface area contributed by atoms with Crippen LogP contribution < -0.4 is 0 Å². The van der Waals surface area contributed by atoms with Crippen LogP contribution >= 0.6 is 11.8 Å². The van der Waals surface area contributed by atoms with Crippen molar-refractivity contribution in [2.24, 2.45) is 5.92 Å². The second kappa shape index (κ2) is 5.56. The van der Waals surface area contributed by atoms with Crippen LogP contribution in [0.2, 0.25) is 0 Å². The van der Waals surface area contributed by atoms with Crippen molar-refractivity contribution in [3.8, 4) is 0 Å². The molecule has 0 saturated carbocycles. The van der Waals surface area contributed by atoms with E-state index >= 15 is 0 Å². The molecule has 0 aliphatic heterocycles. The van der Waals surface area contributed by atoms with Crippen LogP contribution in [0.4, 0.5) is 4.39 Å². The molecule has 0 bridgehead atoms. The summed E-state index contributed by atoms with van der Waals surface area (Å²) in [5.74, 6) is -0.959. The van der Waals surface area contributed by atoms with Crippen LogP contribution in [0.1, 0.15) is 20.8 Å². The van der Waals surface area contributed by atoms with Gasteiger partial charge in [-0.1, -0.05) is 20.8 Å². The quantitative estimate of drug-likeness (QED) is 0.720. The molecule has 0 rings (SSSR count). The zero-order chi connectivity index (χ0) is 11.4. The standard InChI is InChI=1S/C9H17FO3S/c1-5-14-9(10,8(12)13-4)7(11)6(2)3/h6-7,11H,5H2,1-4H3/t7-,9+/m1/s1. The molecule has 0 spiro atoms. The van der Waals surface area contributed by atoms with E-state index in [-0.39, 0.29) is 5.92 Å². The third-order valence-electron chi connectivity index (χ3n) is 1.83. The monoisotopic (exact) mass is 224 g/mol. The Bertz CT molecular complexity index is 198. The maximum absolute atomic E-state index is 14.1. The summed E-state index contributed by atoms with van der Waals surface area (Å²) < 4.78 is 18.4. The Hall–Kier alpha value is -0.290. The number of alkyl halides is 1. The van der Waals surface area contributed by atoms with Crippen LogP contribution in [-0.4, -0.2) is 35.0 Å². The number of rotatable bonds is 5. The molecule has 0 amide bonds. The molecule has 0 radical (unpaired) electrons. The molecule has 3 nitrogen and oxygen atoms in total. The molecule has 0 unspecified atom stereocenters. The van der Waals surface area contributed by atoms with Crippen molar-refractivity contribution in [1.82, 2.24) is 0 Å². The smallest absolute Gasteiger partial charge is 0.357 e. The minimum Gasteiger partial charge on any atom is -0.466 e. The van der Waals surface area contributed by atoms with Crippen LogP contribution in [0.5, 0.6) is 0 Å². The predicted molar refractivity (Wildman–Crippen MR) is 54.8 cm³/mol. The number of esters is 1. The third-order valence-corrected chi connectivity index (χ3v) is 2.95. The highest BCUT2D eigenvalue weighted by Crippen LogP contribution is 2.35. The summed E-state index contributed by atoms with van der Waals surface area (Å²) in [5, 5.41) is 7.23. The number of ether oxygens (including phenoxy) is 1. The van der Waals surface area contributed by atoms with E-state index in [9.17, 15) is 14.3 Å². The van der Waals surface area contributed by atoms with E-state index in [1.165, 1.54) is 0 Å². The number of methoxy groups -OCH3 is 1. The van der Waals surface area contributed by atoms with Crippen molar-refractivity contribution in [1.29, 1.82) is 0 Å². The number of aliphatic hydroxyl groups is 1. The van der Waals surface area contributed by atoms with E-state index in [2.05, 4.69) is 4.74 Å². The van der Waals surface area contributed by atoms with E-state index in [1.807, 2.05) is 0 Å². The van der Waals surface area contributed by atoms with Gasteiger partial charge in [0.2, 0.25) is 0 Å². The van der Waals surface area contributed by atoms with Crippen LogP contribution in [0.3, 0.4) is 0 Å². The highest BCUT2D eigenvalue weighted by molar-refractivity contribution is 8.01. The van der Waals surface area contributed by atoms with E-state index in [0.717, 1.165) is 18.9 Å². The number of hydrogen-bond donors (Lipinski definition) is 1. The van der Waals surface area contributed by atoms with Gasteiger partial charge in [-0.15, -0.1) is 11.8 Å². The van der Waals surface area contributed by atoms with Crippen molar-refractivity contribution < 1.29 is 19.0 Å². The van der Waals surface area contributed by atoms with Gasteiger partial charge in [-0.2, -0.15) is 0 Å². The highest BCUT2D eigenvalue weighted by Gasteiger charge is 2.48. The molecule has 2 atom stereocenters. The van der Waals surface area contributed by atoms with Gasteiger partial charge in [0.15, 0.2) is 0 Å². The van der Waals surface area contributed by atoms with Crippen LogP contribution in [-0.2, 0) is 9.53 Å². The first kappa shape index (κ1) is 13.7. The van der Waals surface area contributed by atoms with Crippen LogP contribution in [0, 0.1) is 5.92 Å². The Labute approximate surface area is 88.0 Å². The first-order chi connectivity index (χ1) is 6.40. The molecule has 0 aromatic rings. The van der Waals surface area contributed by atoms with Gasteiger partial charge in [-0.05, 0) is 11.7 Å². The summed E-state index contributed by atoms with van der Waals surface area (Å²) in [4.78, 5) is 11.2. The molecule has 0 fully saturated rings. The molecule has 0 saturated heterocycles. The average Bonchev–Trinajstić information content (AvgIpc) is 2.15. The predicted octanol–water partition coefficient (Wildman–Crippen LogP) is 1.60. The van der Waals surface area contributed by atoms with Crippen molar-refractivity contribution >= 4 is 17.7 Å². The topological polar surface area (TPSA) is 46.5 Å². The number of thioether (sulfide) groups is 1. The van der Waals surface area contributed by atoms with Gasteiger partial charge >= 0.3 is 5.97 Å². The third kappa shape index (κ3) is 2.85. The number of halogens is 1. The molecule has 0 aromatic carbocycles. The Morgan fingerprint density at radius 2 is 2.14 bits per heavy atom. The zero-order valence-corrected chi connectivity index (χ0v) is 9.73. The minimum atomic E-state index is -2.35. The number of aliphatic hydroxyl groups excluding tert-OH is 1. The normalized spacial score (nSPS) is 17.6. The summed E-state index contributed by atoms with van der Waals surface area (Å²) in [5.41, 5.74) is 0. The maximum atomic E-state index is 14.1. The number of carbonyl (C=O) groups excluding carboxylic acids is 1. The summed E-state index contributed by atoms with van der Waals surface area (Å²) in [7, 11) is 1.11. The Kier molecular flexibility index (Phi) is 5.44. The zero-order valence-electron chi connectivity index (χ0n) is 8.91. The highest BCUT2D eigenvalue weighted by atomic mass is 32.2. The van der Waals surface area contributed by atoms with Gasteiger partial charge in [0, 0.05) is 0 Å². The Balaban J connectivity index is 4.78. The lowest BCUT2D eigenvalue weighted by molar-refractivity contribution is -0.155. The average molecular weight is 224 g/mol. The fraction of sp³-hybridized carbons (Fsp3) is 0.889. The summed E-state index contributed by atoms with van der Waals surface area (Å²) >= 11 is 0.757. The second-order valence-electron chi connectivity index (χ2n) is 3.26. The molecule has 5 heteroatoms. The summed E-state index contributed by atoms with van der Waals surface area (Å²) in [6, 6.07) is 0. The molecule has 14 heavy (non-hydrogen) atoms. The van der Waals surface area contributed by atoms with Gasteiger partial charge in [-0.25, -0.2) is 9.18 Å². The summed E-state index contributed by atoms with van der Waals surface area (Å²) in [6.07, 6.45) is -1.35. The minimum absolute atomic E-state index is 0.335. The largest absolute Gasteiger partial charge is 0.466 e. The lowest BCUT2D eigenvalue weighted by atomic mass is 10.0. The summed E-state index contributed by atoms with van der Waals surface area (Å²) in [6.45, 7) is 5.02. The molecule has 84 valence electrons. The SMILES string of the molecule is CCS[C@](F)(C(=O)OC)[C@H](O)C(C)C. The lowest BCUT2D eigenvalue weighted by Crippen LogP contribution is -2.46. The van der Waals surface area contributed by atoms with Gasteiger partial charge in [0.1, 0.15) is 6.10 Å². The van der Waals surface area contributed by atoms with E-state index in [1.54, 1.807) is 20.8 Å². The maximum Gasteiger partial charge on any atom is 0.357 e. The second-order valence-corrected chi connectivity index (χ2v) is 4.72. The molecular formula is C9H17FO3S. The number of hydrogen-bond acceptors (Lipinski definition) is 4. The molecular weight excluding hydrogens is 207 g/mol. The van der Waals surface area contributed by atoms with Gasteiger partial charge < -0.3 is 9.84 Å². The van der Waals surface area contributed by atoms with Crippen LogP contribution in [0.25, 0.3) is 0 Å². The fourth-order valence-electron chi connectivity index (χ4n) is 1.04. The van der Waals surface area contributed by atoms with E-state index < -0.39 is 17.1 Å².